The molecule has 2 aromatic carbocycles. The number of rotatable bonds is 7. The highest BCUT2D eigenvalue weighted by Gasteiger charge is 2.27. The molecular formula is C21H20N4O3. The van der Waals surface area contributed by atoms with Crippen molar-refractivity contribution in [3.05, 3.63) is 83.9 Å². The van der Waals surface area contributed by atoms with Crippen LogP contribution in [-0.2, 0) is 16.0 Å². The first-order valence-corrected chi connectivity index (χ1v) is 8.75. The van der Waals surface area contributed by atoms with E-state index in [4.69, 9.17) is 5.73 Å². The fourth-order valence-electron chi connectivity index (χ4n) is 2.90. The summed E-state index contributed by atoms with van der Waals surface area (Å²) in [6, 6.07) is 17.3. The maximum atomic E-state index is 12.9. The number of aromatic nitrogens is 2. The van der Waals surface area contributed by atoms with Crippen LogP contribution in [0.5, 0.6) is 0 Å². The lowest BCUT2D eigenvalue weighted by atomic mass is 10.0. The van der Waals surface area contributed by atoms with Crippen LogP contribution in [0.2, 0.25) is 0 Å². The number of amides is 2. The molecule has 0 aliphatic carbocycles. The summed E-state index contributed by atoms with van der Waals surface area (Å²) < 4.78 is 1.64. The van der Waals surface area contributed by atoms with E-state index in [1.807, 2.05) is 60.7 Å². The molecule has 0 aliphatic rings. The van der Waals surface area contributed by atoms with Crippen molar-refractivity contribution >= 4 is 17.6 Å². The molecule has 0 fully saturated rings. The van der Waals surface area contributed by atoms with Gasteiger partial charge >= 0.3 is 0 Å². The topological polar surface area (TPSA) is 107 Å². The number of nitrogens with two attached hydrogens (primary N) is 1. The molecule has 28 heavy (non-hydrogen) atoms. The predicted molar refractivity (Wildman–Crippen MR) is 104 cm³/mol. The highest BCUT2D eigenvalue weighted by Crippen LogP contribution is 2.13. The SMILES string of the molecule is Cc1cn(-c2ccccc2)c(C(=O)N[C@@H](Cc2ccccc2)C(=O)C(N)=O)n1. The maximum absolute atomic E-state index is 12.9. The van der Waals surface area contributed by atoms with Crippen molar-refractivity contribution in [3.63, 3.8) is 0 Å². The van der Waals surface area contributed by atoms with Gasteiger partial charge < -0.3 is 11.1 Å². The minimum atomic E-state index is -1.09. The number of hydrogen-bond acceptors (Lipinski definition) is 4. The minimum absolute atomic E-state index is 0.124. The van der Waals surface area contributed by atoms with E-state index in [2.05, 4.69) is 10.3 Å². The van der Waals surface area contributed by atoms with Crippen LogP contribution in [0.15, 0.2) is 66.9 Å². The first-order valence-electron chi connectivity index (χ1n) is 8.75. The van der Waals surface area contributed by atoms with Crippen LogP contribution in [0.1, 0.15) is 21.9 Å². The lowest BCUT2D eigenvalue weighted by Gasteiger charge is -2.16. The van der Waals surface area contributed by atoms with Crippen molar-refractivity contribution in [2.75, 3.05) is 0 Å². The minimum Gasteiger partial charge on any atom is -0.363 e. The average Bonchev–Trinajstić information content (AvgIpc) is 3.10. The summed E-state index contributed by atoms with van der Waals surface area (Å²) in [6.07, 6.45) is 1.88. The van der Waals surface area contributed by atoms with Gasteiger partial charge in [0.25, 0.3) is 11.8 Å². The van der Waals surface area contributed by atoms with Gasteiger partial charge in [-0.15, -0.1) is 0 Å². The third-order valence-corrected chi connectivity index (χ3v) is 4.21. The summed E-state index contributed by atoms with van der Waals surface area (Å²) in [5, 5.41) is 2.61. The van der Waals surface area contributed by atoms with Crippen molar-refractivity contribution in [1.82, 2.24) is 14.9 Å². The summed E-state index contributed by atoms with van der Waals surface area (Å²) in [4.78, 5) is 40.9. The number of aryl methyl sites for hydroxylation is 1. The number of ketones is 1. The van der Waals surface area contributed by atoms with Gasteiger partial charge in [0.15, 0.2) is 0 Å². The van der Waals surface area contributed by atoms with Gasteiger partial charge in [0.1, 0.15) is 6.04 Å². The highest BCUT2D eigenvalue weighted by atomic mass is 16.2. The second-order valence-electron chi connectivity index (χ2n) is 6.36. The number of nitrogens with zero attached hydrogens (tertiary/aromatic N) is 2. The number of primary amides is 1. The van der Waals surface area contributed by atoms with Gasteiger partial charge in [0.05, 0.1) is 5.69 Å². The summed E-state index contributed by atoms with van der Waals surface area (Å²) in [5.41, 5.74) is 7.37. The van der Waals surface area contributed by atoms with Gasteiger partial charge in [-0.1, -0.05) is 48.5 Å². The molecule has 0 bridgehead atoms. The molecule has 1 atom stereocenters. The fourth-order valence-corrected chi connectivity index (χ4v) is 2.90. The van der Waals surface area contributed by atoms with Gasteiger partial charge in [0, 0.05) is 18.3 Å². The van der Waals surface area contributed by atoms with Gasteiger partial charge in [-0.2, -0.15) is 0 Å². The van der Waals surface area contributed by atoms with Crippen LogP contribution >= 0.6 is 0 Å². The number of para-hydroxylation sites is 1. The molecule has 0 saturated carbocycles. The number of Topliss-reactive ketones (excluding diaryl/α,β-unsaturated/α-hetero) is 1. The van der Waals surface area contributed by atoms with Crippen LogP contribution in [0, 0.1) is 6.92 Å². The molecule has 142 valence electrons. The molecule has 1 aromatic heterocycles. The smallest absolute Gasteiger partial charge is 0.288 e. The Labute approximate surface area is 162 Å². The Morgan fingerprint density at radius 3 is 2.25 bits per heavy atom. The number of imidazole rings is 1. The van der Waals surface area contributed by atoms with Gasteiger partial charge in [-0.05, 0) is 24.6 Å². The molecule has 7 heteroatoms. The second-order valence-corrected chi connectivity index (χ2v) is 6.36. The molecule has 2 amide bonds. The zero-order chi connectivity index (χ0) is 20.1. The summed E-state index contributed by atoms with van der Waals surface area (Å²) in [7, 11) is 0. The van der Waals surface area contributed by atoms with Gasteiger partial charge in [-0.3, -0.25) is 19.0 Å². The van der Waals surface area contributed by atoms with E-state index in [-0.39, 0.29) is 12.2 Å². The van der Waals surface area contributed by atoms with Crippen LogP contribution in [0.25, 0.3) is 5.69 Å². The van der Waals surface area contributed by atoms with Crippen molar-refractivity contribution in [2.24, 2.45) is 5.73 Å². The van der Waals surface area contributed by atoms with Crippen molar-refractivity contribution in [1.29, 1.82) is 0 Å². The Kier molecular flexibility index (Phi) is 5.64. The Bertz CT molecular complexity index is 997. The fraction of sp³-hybridized carbons (Fsp3) is 0.143. The number of hydrogen-bond donors (Lipinski definition) is 2. The van der Waals surface area contributed by atoms with Crippen molar-refractivity contribution in [2.45, 2.75) is 19.4 Å². The third-order valence-electron chi connectivity index (χ3n) is 4.21. The average molecular weight is 376 g/mol. The Hall–Kier alpha value is -3.74. The summed E-state index contributed by atoms with van der Waals surface area (Å²) >= 11 is 0. The van der Waals surface area contributed by atoms with Crippen LogP contribution < -0.4 is 11.1 Å². The van der Waals surface area contributed by atoms with E-state index < -0.39 is 23.6 Å². The van der Waals surface area contributed by atoms with Crippen molar-refractivity contribution < 1.29 is 14.4 Å². The number of benzene rings is 2. The molecule has 3 aromatic rings. The van der Waals surface area contributed by atoms with Gasteiger partial charge in [0.2, 0.25) is 11.6 Å². The standard InChI is InChI=1S/C21H20N4O3/c1-14-13-25(16-10-6-3-7-11-16)20(23-14)21(28)24-17(18(26)19(22)27)12-15-8-4-2-5-9-15/h2-11,13,17H,12H2,1H3,(H2,22,27)(H,24,28)/t17-/m0/s1. The predicted octanol–water partition coefficient (Wildman–Crippen LogP) is 1.58. The first kappa shape index (κ1) is 19.0. The molecular weight excluding hydrogens is 356 g/mol. The molecule has 0 spiro atoms. The summed E-state index contributed by atoms with van der Waals surface area (Å²) in [6.45, 7) is 1.77. The lowest BCUT2D eigenvalue weighted by molar-refractivity contribution is -0.137. The molecule has 3 rings (SSSR count). The normalized spacial score (nSPS) is 11.6. The molecule has 1 heterocycles. The van der Waals surface area contributed by atoms with E-state index in [9.17, 15) is 14.4 Å². The second kappa shape index (κ2) is 8.30. The molecule has 0 saturated heterocycles. The molecule has 7 nitrogen and oxygen atoms in total. The van der Waals surface area contributed by atoms with Crippen LogP contribution in [0.3, 0.4) is 0 Å². The van der Waals surface area contributed by atoms with Gasteiger partial charge in [-0.25, -0.2) is 4.98 Å². The van der Waals surface area contributed by atoms with E-state index >= 15 is 0 Å². The van der Waals surface area contributed by atoms with E-state index in [1.54, 1.807) is 17.7 Å². The Balaban J connectivity index is 1.88. The first-order chi connectivity index (χ1) is 13.5. The Morgan fingerprint density at radius 1 is 1.04 bits per heavy atom. The number of nitrogens with one attached hydrogen (secondary N) is 1. The zero-order valence-electron chi connectivity index (χ0n) is 15.3. The number of carbonyl (C=O) groups is 3. The Morgan fingerprint density at radius 2 is 1.64 bits per heavy atom. The van der Waals surface area contributed by atoms with E-state index in [1.165, 1.54) is 0 Å². The quantitative estimate of drug-likeness (QED) is 0.610. The zero-order valence-corrected chi connectivity index (χ0v) is 15.3. The molecule has 0 unspecified atom stereocenters. The largest absolute Gasteiger partial charge is 0.363 e. The van der Waals surface area contributed by atoms with Crippen LogP contribution in [0.4, 0.5) is 0 Å². The monoisotopic (exact) mass is 376 g/mol. The highest BCUT2D eigenvalue weighted by molar-refractivity contribution is 6.38. The number of carbonyl (C=O) groups excluding carboxylic acids is 3. The summed E-state index contributed by atoms with van der Waals surface area (Å²) in [5.74, 6) is -2.39. The van der Waals surface area contributed by atoms with Crippen LogP contribution in [-0.4, -0.2) is 33.2 Å². The molecule has 3 N–H and O–H groups in total. The third kappa shape index (κ3) is 4.32. The molecule has 0 radical (unpaired) electrons. The van der Waals surface area contributed by atoms with Crippen molar-refractivity contribution in [3.8, 4) is 5.69 Å². The van der Waals surface area contributed by atoms with E-state index in [0.29, 0.717) is 5.69 Å². The van der Waals surface area contributed by atoms with E-state index in [0.717, 1.165) is 11.3 Å². The lowest BCUT2D eigenvalue weighted by Crippen LogP contribution is -2.47. The maximum Gasteiger partial charge on any atom is 0.288 e. The molecule has 0 aliphatic heterocycles.